The number of aliphatic hydroxyl groups is 1. The summed E-state index contributed by atoms with van der Waals surface area (Å²) in [6, 6.07) is 6.99. The number of piperidine rings is 1. The van der Waals surface area contributed by atoms with Gasteiger partial charge in [-0.1, -0.05) is 6.07 Å². The first-order valence-electron chi connectivity index (χ1n) is 12.3. The average molecular weight is 493 g/mol. The molecule has 36 heavy (non-hydrogen) atoms. The van der Waals surface area contributed by atoms with Gasteiger partial charge in [0.15, 0.2) is 5.65 Å². The summed E-state index contributed by atoms with van der Waals surface area (Å²) in [6.45, 7) is 2.11. The third kappa shape index (κ3) is 4.28. The van der Waals surface area contributed by atoms with Crippen molar-refractivity contribution in [1.82, 2.24) is 29.5 Å². The fourth-order valence-corrected chi connectivity index (χ4v) is 4.82. The summed E-state index contributed by atoms with van der Waals surface area (Å²) in [5.74, 6) is 0.146. The Morgan fingerprint density at radius 3 is 2.67 bits per heavy atom. The lowest BCUT2D eigenvalue weighted by molar-refractivity contribution is -0.137. The second kappa shape index (κ2) is 8.82. The first-order chi connectivity index (χ1) is 17.4. The zero-order valence-electron chi connectivity index (χ0n) is 19.8. The van der Waals surface area contributed by atoms with Gasteiger partial charge in [0.2, 0.25) is 5.91 Å². The minimum atomic E-state index is -1.08. The number of fused-ring (bicyclic) bond motifs is 1. The molecule has 1 aromatic carbocycles. The maximum Gasteiger partial charge on any atom is 0.264 e. The SMILES string of the molecule is O=C(NC1COC1)c1cccc(-n2ncc3c(=O)n(CC4(O)CCN(C(=O)C5CC5)CC4)cnc32)c1. The van der Waals surface area contributed by atoms with Gasteiger partial charge in [-0.2, -0.15) is 5.10 Å². The molecule has 0 radical (unpaired) electrons. The molecule has 0 bridgehead atoms. The quantitative estimate of drug-likeness (QED) is 0.511. The van der Waals surface area contributed by atoms with Crippen LogP contribution in [0.5, 0.6) is 0 Å². The number of aromatic nitrogens is 4. The second-order valence-electron chi connectivity index (χ2n) is 10.1. The van der Waals surface area contributed by atoms with Crippen LogP contribution in [0.25, 0.3) is 16.7 Å². The van der Waals surface area contributed by atoms with E-state index in [4.69, 9.17) is 4.74 Å². The number of amides is 2. The van der Waals surface area contributed by atoms with Crippen LogP contribution < -0.4 is 10.9 Å². The van der Waals surface area contributed by atoms with Gasteiger partial charge in [0.1, 0.15) is 11.7 Å². The lowest BCUT2D eigenvalue weighted by Gasteiger charge is -2.38. The molecule has 3 aromatic rings. The second-order valence-corrected chi connectivity index (χ2v) is 10.1. The van der Waals surface area contributed by atoms with Crippen LogP contribution in [0.4, 0.5) is 0 Å². The number of benzene rings is 1. The Balaban J connectivity index is 1.20. The molecule has 0 atom stereocenters. The molecule has 2 saturated heterocycles. The molecule has 2 N–H and O–H groups in total. The zero-order chi connectivity index (χ0) is 24.9. The first-order valence-corrected chi connectivity index (χ1v) is 12.3. The van der Waals surface area contributed by atoms with E-state index in [-0.39, 0.29) is 35.9 Å². The number of hydrogen-bond donors (Lipinski definition) is 2. The molecular weight excluding hydrogens is 464 g/mol. The van der Waals surface area contributed by atoms with Crippen LogP contribution in [0.15, 0.2) is 41.6 Å². The van der Waals surface area contributed by atoms with Crippen LogP contribution in [0, 0.1) is 5.92 Å². The largest absolute Gasteiger partial charge is 0.388 e. The molecule has 11 heteroatoms. The van der Waals surface area contributed by atoms with Crippen LogP contribution in [0.3, 0.4) is 0 Å². The fourth-order valence-electron chi connectivity index (χ4n) is 4.82. The Bertz CT molecular complexity index is 1380. The van der Waals surface area contributed by atoms with E-state index in [0.717, 1.165) is 12.8 Å². The Morgan fingerprint density at radius 1 is 1.19 bits per heavy atom. The standard InChI is InChI=1S/C25H28N6O5/c32-22(28-18-12-36-13-18)17-2-1-3-19(10-17)31-21-20(11-27-31)24(34)30(15-26-21)14-25(35)6-8-29(9-7-25)23(33)16-4-5-16/h1-3,10-11,15-16,18,35H,4-9,12-14H2,(H,28,32). The number of hydrogen-bond acceptors (Lipinski definition) is 7. The lowest BCUT2D eigenvalue weighted by Crippen LogP contribution is -2.50. The number of nitrogens with zero attached hydrogens (tertiary/aromatic N) is 5. The van der Waals surface area contributed by atoms with E-state index in [2.05, 4.69) is 15.4 Å². The molecule has 3 fully saturated rings. The van der Waals surface area contributed by atoms with Crippen molar-refractivity contribution in [3.8, 4) is 5.69 Å². The van der Waals surface area contributed by atoms with E-state index >= 15 is 0 Å². The van der Waals surface area contributed by atoms with Crippen LogP contribution in [-0.2, 0) is 16.1 Å². The summed E-state index contributed by atoms with van der Waals surface area (Å²) in [6.07, 6.45) is 5.63. The lowest BCUT2D eigenvalue weighted by atomic mass is 9.91. The summed E-state index contributed by atoms with van der Waals surface area (Å²) < 4.78 is 8.05. The Kier molecular flexibility index (Phi) is 5.60. The van der Waals surface area contributed by atoms with Gasteiger partial charge in [-0.05, 0) is 43.9 Å². The van der Waals surface area contributed by atoms with Crippen LogP contribution in [-0.4, -0.2) is 79.1 Å². The Labute approximate surface area is 206 Å². The molecule has 1 saturated carbocycles. The molecule has 2 aliphatic heterocycles. The van der Waals surface area contributed by atoms with Gasteiger partial charge in [0, 0.05) is 24.6 Å². The highest BCUT2D eigenvalue weighted by Crippen LogP contribution is 2.33. The normalized spacial score (nSPS) is 19.8. The predicted octanol–water partition coefficient (Wildman–Crippen LogP) is 0.474. The fraction of sp³-hybridized carbons (Fsp3) is 0.480. The van der Waals surface area contributed by atoms with E-state index in [1.165, 1.54) is 21.8 Å². The van der Waals surface area contributed by atoms with Gasteiger partial charge in [0.05, 0.1) is 43.3 Å². The Morgan fingerprint density at radius 2 is 1.97 bits per heavy atom. The van der Waals surface area contributed by atoms with Crippen molar-refractivity contribution in [2.24, 2.45) is 5.92 Å². The number of nitrogens with one attached hydrogen (secondary N) is 1. The molecule has 0 spiro atoms. The molecule has 2 aromatic heterocycles. The summed E-state index contributed by atoms with van der Waals surface area (Å²) in [7, 11) is 0. The molecule has 1 aliphatic carbocycles. The van der Waals surface area contributed by atoms with E-state index < -0.39 is 5.60 Å². The molecule has 4 heterocycles. The zero-order valence-corrected chi connectivity index (χ0v) is 19.8. The van der Waals surface area contributed by atoms with Crippen molar-refractivity contribution in [1.29, 1.82) is 0 Å². The summed E-state index contributed by atoms with van der Waals surface area (Å²) >= 11 is 0. The molecule has 11 nitrogen and oxygen atoms in total. The summed E-state index contributed by atoms with van der Waals surface area (Å²) in [4.78, 5) is 44.4. The van der Waals surface area contributed by atoms with Gasteiger partial charge in [0.25, 0.3) is 11.5 Å². The maximum atomic E-state index is 13.2. The summed E-state index contributed by atoms with van der Waals surface area (Å²) in [5, 5.41) is 18.7. The van der Waals surface area contributed by atoms with E-state index in [1.807, 2.05) is 4.90 Å². The Hall–Kier alpha value is -3.57. The van der Waals surface area contributed by atoms with E-state index in [0.29, 0.717) is 61.4 Å². The number of likely N-dealkylation sites (tertiary alicyclic amines) is 1. The minimum Gasteiger partial charge on any atom is -0.388 e. The number of carbonyl (C=O) groups excluding carboxylic acids is 2. The molecule has 3 aliphatic rings. The maximum absolute atomic E-state index is 13.2. The smallest absolute Gasteiger partial charge is 0.264 e. The highest BCUT2D eigenvalue weighted by molar-refractivity contribution is 5.95. The number of rotatable bonds is 6. The van der Waals surface area contributed by atoms with Gasteiger partial charge < -0.3 is 20.1 Å². The van der Waals surface area contributed by atoms with Gasteiger partial charge in [-0.25, -0.2) is 9.67 Å². The van der Waals surface area contributed by atoms with Crippen LogP contribution in [0.1, 0.15) is 36.0 Å². The number of ether oxygens (including phenoxy) is 1. The van der Waals surface area contributed by atoms with Crippen LogP contribution in [0.2, 0.25) is 0 Å². The third-order valence-corrected chi connectivity index (χ3v) is 7.28. The molecule has 6 rings (SSSR count). The van der Waals surface area contributed by atoms with Crippen molar-refractivity contribution in [3.05, 3.63) is 52.7 Å². The van der Waals surface area contributed by atoms with Crippen LogP contribution >= 0.6 is 0 Å². The molecule has 0 unspecified atom stereocenters. The van der Waals surface area contributed by atoms with Gasteiger partial charge in [-0.15, -0.1) is 0 Å². The highest BCUT2D eigenvalue weighted by Gasteiger charge is 2.39. The molecule has 2 amide bonds. The monoisotopic (exact) mass is 492 g/mol. The molecular formula is C25H28N6O5. The van der Waals surface area contributed by atoms with Crippen molar-refractivity contribution >= 4 is 22.8 Å². The average Bonchev–Trinajstić information content (AvgIpc) is 3.62. The van der Waals surface area contributed by atoms with E-state index in [1.54, 1.807) is 24.3 Å². The summed E-state index contributed by atoms with van der Waals surface area (Å²) in [5.41, 5.74) is 0.0829. The van der Waals surface area contributed by atoms with Crippen molar-refractivity contribution < 1.29 is 19.4 Å². The van der Waals surface area contributed by atoms with E-state index in [9.17, 15) is 19.5 Å². The topological polar surface area (TPSA) is 132 Å². The highest BCUT2D eigenvalue weighted by atomic mass is 16.5. The number of carbonyl (C=O) groups is 2. The minimum absolute atomic E-state index is 0.0209. The van der Waals surface area contributed by atoms with Gasteiger partial charge in [-0.3, -0.25) is 19.0 Å². The van der Waals surface area contributed by atoms with Crippen molar-refractivity contribution in [2.45, 2.75) is 43.9 Å². The van der Waals surface area contributed by atoms with Gasteiger partial charge >= 0.3 is 0 Å². The third-order valence-electron chi connectivity index (χ3n) is 7.28. The van der Waals surface area contributed by atoms with Crippen molar-refractivity contribution in [2.75, 3.05) is 26.3 Å². The first kappa shape index (κ1) is 22.9. The van der Waals surface area contributed by atoms with Crippen molar-refractivity contribution in [3.63, 3.8) is 0 Å². The molecule has 188 valence electrons. The predicted molar refractivity (Wildman–Crippen MR) is 129 cm³/mol.